The highest BCUT2D eigenvalue weighted by atomic mass is 19.4. The molecule has 35 heavy (non-hydrogen) atoms. The smallest absolute Gasteiger partial charge is 0.390 e. The first-order chi connectivity index (χ1) is 16.4. The Labute approximate surface area is 205 Å². The normalized spacial score (nSPS) is 22.5. The molecule has 1 aromatic carbocycles. The Bertz CT molecular complexity index is 853. The van der Waals surface area contributed by atoms with E-state index in [0.29, 0.717) is 24.3 Å². The molecular formula is C24H37F3N4O4. The molecule has 11 heteroatoms. The molecule has 0 radical (unpaired) electrons. The minimum absolute atomic E-state index is 0.0672. The molecular weight excluding hydrogens is 465 g/mol. The van der Waals surface area contributed by atoms with Crippen LogP contribution in [-0.4, -0.2) is 87.0 Å². The molecule has 2 rings (SSSR count). The largest absolute Gasteiger partial charge is 0.491 e. The summed E-state index contributed by atoms with van der Waals surface area (Å²) >= 11 is 0. The van der Waals surface area contributed by atoms with E-state index in [0.717, 1.165) is 6.42 Å². The molecule has 3 amide bonds. The summed E-state index contributed by atoms with van der Waals surface area (Å²) in [4.78, 5) is 28.5. The number of hydrogen-bond acceptors (Lipinski definition) is 5. The summed E-state index contributed by atoms with van der Waals surface area (Å²) in [6.45, 7) is 6.66. The van der Waals surface area contributed by atoms with Gasteiger partial charge in [-0.25, -0.2) is 4.79 Å². The van der Waals surface area contributed by atoms with Crippen molar-refractivity contribution in [1.82, 2.24) is 15.1 Å². The summed E-state index contributed by atoms with van der Waals surface area (Å²) < 4.78 is 50.5. The van der Waals surface area contributed by atoms with Crippen LogP contribution in [0, 0.1) is 5.92 Å². The number of nitrogens with zero attached hydrogens (tertiary/aromatic N) is 2. The van der Waals surface area contributed by atoms with Gasteiger partial charge in [0, 0.05) is 58.1 Å². The van der Waals surface area contributed by atoms with Crippen LogP contribution in [0.2, 0.25) is 0 Å². The predicted molar refractivity (Wildman–Crippen MR) is 128 cm³/mol. The molecule has 0 saturated carbocycles. The third-order valence-corrected chi connectivity index (χ3v) is 6.05. The Balaban J connectivity index is 2.35. The van der Waals surface area contributed by atoms with Gasteiger partial charge < -0.3 is 25.0 Å². The van der Waals surface area contributed by atoms with Crippen molar-refractivity contribution in [3.63, 3.8) is 0 Å². The van der Waals surface area contributed by atoms with E-state index in [4.69, 9.17) is 9.47 Å². The highest BCUT2D eigenvalue weighted by molar-refractivity contribution is 5.98. The number of halogens is 3. The summed E-state index contributed by atoms with van der Waals surface area (Å²) in [7, 11) is 3.18. The van der Waals surface area contributed by atoms with E-state index >= 15 is 0 Å². The number of urea groups is 1. The van der Waals surface area contributed by atoms with Gasteiger partial charge in [0.1, 0.15) is 12.4 Å². The minimum atomic E-state index is -4.27. The molecule has 0 unspecified atom stereocenters. The fraction of sp³-hybridized carbons (Fsp3) is 0.667. The van der Waals surface area contributed by atoms with Gasteiger partial charge in [0.15, 0.2) is 0 Å². The number of likely N-dealkylation sites (N-methyl/N-ethyl adjacent to an activating group) is 1. The third kappa shape index (κ3) is 8.88. The molecule has 0 bridgehead atoms. The van der Waals surface area contributed by atoms with E-state index in [-0.39, 0.29) is 55.4 Å². The number of alkyl halides is 3. The van der Waals surface area contributed by atoms with Crippen molar-refractivity contribution in [2.24, 2.45) is 5.92 Å². The van der Waals surface area contributed by atoms with Crippen LogP contribution in [0.1, 0.15) is 44.0 Å². The van der Waals surface area contributed by atoms with Crippen molar-refractivity contribution in [1.29, 1.82) is 0 Å². The number of hydrogen-bond donors (Lipinski definition) is 2. The molecule has 8 nitrogen and oxygen atoms in total. The van der Waals surface area contributed by atoms with Gasteiger partial charge >= 0.3 is 12.2 Å². The van der Waals surface area contributed by atoms with Crippen LogP contribution < -0.4 is 15.4 Å². The quantitative estimate of drug-likeness (QED) is 0.615. The lowest BCUT2D eigenvalue weighted by Gasteiger charge is -2.36. The second-order valence-electron chi connectivity index (χ2n) is 9.05. The van der Waals surface area contributed by atoms with Gasteiger partial charge in [0.2, 0.25) is 0 Å². The zero-order chi connectivity index (χ0) is 26.2. The number of rotatable bonds is 6. The average molecular weight is 503 g/mol. The van der Waals surface area contributed by atoms with Crippen molar-refractivity contribution >= 4 is 17.6 Å². The summed E-state index contributed by atoms with van der Waals surface area (Å²) in [6, 6.07) is 4.00. The van der Waals surface area contributed by atoms with Crippen LogP contribution in [0.25, 0.3) is 0 Å². The Kier molecular flexibility index (Phi) is 10.6. The van der Waals surface area contributed by atoms with E-state index in [9.17, 15) is 22.8 Å². The van der Waals surface area contributed by atoms with Crippen LogP contribution in [-0.2, 0) is 4.74 Å². The number of nitrogens with one attached hydrogen (secondary N) is 2. The van der Waals surface area contributed by atoms with Gasteiger partial charge in [-0.15, -0.1) is 0 Å². The number of amides is 3. The average Bonchev–Trinajstić information content (AvgIpc) is 2.80. The lowest BCUT2D eigenvalue weighted by atomic mass is 10.0. The van der Waals surface area contributed by atoms with Gasteiger partial charge in [-0.3, -0.25) is 9.69 Å². The first kappa shape index (κ1) is 28.7. The first-order valence-electron chi connectivity index (χ1n) is 11.9. The molecule has 3 atom stereocenters. The lowest BCUT2D eigenvalue weighted by Crippen LogP contribution is -2.47. The molecule has 0 aromatic heterocycles. The van der Waals surface area contributed by atoms with Gasteiger partial charge in [0.05, 0.1) is 18.1 Å². The highest BCUT2D eigenvalue weighted by Gasteiger charge is 2.32. The molecule has 1 aliphatic heterocycles. The third-order valence-electron chi connectivity index (χ3n) is 6.05. The van der Waals surface area contributed by atoms with Crippen molar-refractivity contribution in [2.45, 2.75) is 51.9 Å². The van der Waals surface area contributed by atoms with Crippen LogP contribution in [0.5, 0.6) is 5.75 Å². The van der Waals surface area contributed by atoms with E-state index in [1.54, 1.807) is 37.1 Å². The zero-order valence-electron chi connectivity index (χ0n) is 21.1. The van der Waals surface area contributed by atoms with Crippen molar-refractivity contribution in [3.05, 3.63) is 23.8 Å². The van der Waals surface area contributed by atoms with Crippen molar-refractivity contribution < 1.29 is 32.2 Å². The Hall–Kier alpha value is -2.53. The molecule has 1 heterocycles. The SMILES string of the molecule is CCCNC(=O)Nc1ccc2c(c1)OC[C@H](C)N(CCC(F)(F)F)C[C@H](C)[C@H](OC)CN(C)C2=O. The fourth-order valence-corrected chi connectivity index (χ4v) is 3.92. The number of methoxy groups -OCH3 is 1. The van der Waals surface area contributed by atoms with Gasteiger partial charge in [0.25, 0.3) is 5.91 Å². The van der Waals surface area contributed by atoms with Crippen LogP contribution in [0.3, 0.4) is 0 Å². The van der Waals surface area contributed by atoms with Crippen LogP contribution in [0.15, 0.2) is 18.2 Å². The summed E-state index contributed by atoms with van der Waals surface area (Å²) in [6.07, 6.45) is -4.79. The summed E-state index contributed by atoms with van der Waals surface area (Å²) in [5.41, 5.74) is 0.731. The zero-order valence-corrected chi connectivity index (χ0v) is 21.1. The molecule has 1 aliphatic rings. The molecule has 1 aromatic rings. The Morgan fingerprint density at radius 2 is 1.97 bits per heavy atom. The van der Waals surface area contributed by atoms with Crippen LogP contribution in [0.4, 0.5) is 23.7 Å². The number of carbonyl (C=O) groups is 2. The van der Waals surface area contributed by atoms with E-state index in [1.807, 2.05) is 13.8 Å². The molecule has 0 fully saturated rings. The van der Waals surface area contributed by atoms with Gasteiger partial charge in [-0.1, -0.05) is 13.8 Å². The number of carbonyl (C=O) groups excluding carboxylic acids is 2. The number of anilines is 1. The number of benzene rings is 1. The highest BCUT2D eigenvalue weighted by Crippen LogP contribution is 2.27. The topological polar surface area (TPSA) is 83.1 Å². The predicted octanol–water partition coefficient (Wildman–Crippen LogP) is 3.98. The maximum absolute atomic E-state index is 13.2. The van der Waals surface area contributed by atoms with Crippen molar-refractivity contribution in [3.8, 4) is 5.75 Å². The first-order valence-corrected chi connectivity index (χ1v) is 11.9. The van der Waals surface area contributed by atoms with Gasteiger partial charge in [-0.05, 0) is 31.4 Å². The standard InChI is InChI=1S/C24H37F3N4O4/c1-6-10-28-23(33)29-18-7-8-19-20(12-18)35-15-17(3)31(11-9-24(25,26)27)13-16(2)21(34-5)14-30(4)22(19)32/h7-8,12,16-17,21H,6,9-11,13-15H2,1-5H3,(H2,28,29,33)/t16-,17-,21+/m0/s1. The Morgan fingerprint density at radius 1 is 1.26 bits per heavy atom. The second-order valence-corrected chi connectivity index (χ2v) is 9.05. The molecule has 0 spiro atoms. The summed E-state index contributed by atoms with van der Waals surface area (Å²) in [5, 5.41) is 5.42. The van der Waals surface area contributed by atoms with E-state index in [2.05, 4.69) is 10.6 Å². The van der Waals surface area contributed by atoms with Gasteiger partial charge in [-0.2, -0.15) is 13.2 Å². The van der Waals surface area contributed by atoms with E-state index < -0.39 is 12.6 Å². The summed E-state index contributed by atoms with van der Waals surface area (Å²) in [5.74, 6) is -0.156. The van der Waals surface area contributed by atoms with Crippen LogP contribution >= 0.6 is 0 Å². The Morgan fingerprint density at radius 3 is 2.60 bits per heavy atom. The van der Waals surface area contributed by atoms with E-state index in [1.165, 1.54) is 12.0 Å². The molecule has 2 N–H and O–H groups in total. The lowest BCUT2D eigenvalue weighted by molar-refractivity contribution is -0.140. The number of ether oxygens (including phenoxy) is 2. The molecule has 0 aliphatic carbocycles. The second kappa shape index (κ2) is 13.0. The fourth-order valence-electron chi connectivity index (χ4n) is 3.92. The minimum Gasteiger partial charge on any atom is -0.491 e. The maximum Gasteiger partial charge on any atom is 0.390 e. The van der Waals surface area contributed by atoms with Crippen molar-refractivity contribution in [2.75, 3.05) is 52.3 Å². The maximum atomic E-state index is 13.2. The molecule has 0 saturated heterocycles. The number of fused-ring (bicyclic) bond motifs is 1. The molecule has 198 valence electrons. The monoisotopic (exact) mass is 502 g/mol.